The van der Waals surface area contributed by atoms with Crippen LogP contribution < -0.4 is 0 Å². The molecule has 19 heavy (non-hydrogen) atoms. The molecule has 0 amide bonds. The highest BCUT2D eigenvalue weighted by molar-refractivity contribution is 5.72. The van der Waals surface area contributed by atoms with E-state index in [1.807, 2.05) is 30.3 Å². The van der Waals surface area contributed by atoms with Gasteiger partial charge in [-0.05, 0) is 24.5 Å². The Kier molecular flexibility index (Phi) is 6.36. The van der Waals surface area contributed by atoms with E-state index in [1.54, 1.807) is 13.0 Å². The topological polar surface area (TPSA) is 63.6 Å². The van der Waals surface area contributed by atoms with Gasteiger partial charge in [-0.3, -0.25) is 9.59 Å². The molecule has 1 N–H and O–H groups in total. The van der Waals surface area contributed by atoms with Gasteiger partial charge in [0, 0.05) is 6.42 Å². The van der Waals surface area contributed by atoms with E-state index >= 15 is 0 Å². The number of hydrogen-bond donors (Lipinski definition) is 1. The van der Waals surface area contributed by atoms with Gasteiger partial charge in [0.05, 0.1) is 13.0 Å². The van der Waals surface area contributed by atoms with Crippen LogP contribution in [0.4, 0.5) is 0 Å². The van der Waals surface area contributed by atoms with E-state index in [0.717, 1.165) is 11.1 Å². The third-order valence-corrected chi connectivity index (χ3v) is 2.51. The van der Waals surface area contributed by atoms with Crippen LogP contribution in [0, 0.1) is 0 Å². The van der Waals surface area contributed by atoms with E-state index in [2.05, 4.69) is 0 Å². The predicted molar refractivity (Wildman–Crippen MR) is 72.7 cm³/mol. The van der Waals surface area contributed by atoms with Gasteiger partial charge in [0.25, 0.3) is 0 Å². The number of aliphatic carboxylic acids is 1. The Morgan fingerprint density at radius 2 is 1.95 bits per heavy atom. The second kappa shape index (κ2) is 8.08. The zero-order chi connectivity index (χ0) is 14.1. The summed E-state index contributed by atoms with van der Waals surface area (Å²) < 4.78 is 4.81. The van der Waals surface area contributed by atoms with Crippen molar-refractivity contribution >= 4 is 18.0 Å². The average molecular weight is 262 g/mol. The maximum atomic E-state index is 11.1. The third-order valence-electron chi connectivity index (χ3n) is 2.51. The van der Waals surface area contributed by atoms with Crippen LogP contribution in [0.5, 0.6) is 0 Å². The van der Waals surface area contributed by atoms with Crippen molar-refractivity contribution in [3.8, 4) is 0 Å². The van der Waals surface area contributed by atoms with E-state index in [1.165, 1.54) is 0 Å². The molecule has 0 aliphatic rings. The molecular weight excluding hydrogens is 244 g/mol. The van der Waals surface area contributed by atoms with Gasteiger partial charge in [-0.2, -0.15) is 0 Å². The zero-order valence-corrected chi connectivity index (χ0v) is 11.0. The molecule has 1 aromatic carbocycles. The number of aryl methyl sites for hydroxylation is 1. The van der Waals surface area contributed by atoms with Crippen molar-refractivity contribution in [2.45, 2.75) is 26.2 Å². The number of carboxylic acids is 1. The minimum absolute atomic E-state index is 0.137. The summed E-state index contributed by atoms with van der Waals surface area (Å²) in [7, 11) is 0. The number of esters is 1. The summed E-state index contributed by atoms with van der Waals surface area (Å²) in [6.45, 7) is 2.17. The summed E-state index contributed by atoms with van der Waals surface area (Å²) in [5, 5.41) is 8.59. The Morgan fingerprint density at radius 1 is 1.26 bits per heavy atom. The Hall–Kier alpha value is -2.10. The largest absolute Gasteiger partial charge is 0.481 e. The van der Waals surface area contributed by atoms with Crippen LogP contribution in [0.3, 0.4) is 0 Å². The smallest absolute Gasteiger partial charge is 0.309 e. The van der Waals surface area contributed by atoms with Crippen LogP contribution in [-0.4, -0.2) is 23.7 Å². The first-order valence-corrected chi connectivity index (χ1v) is 6.24. The van der Waals surface area contributed by atoms with Crippen molar-refractivity contribution in [2.75, 3.05) is 6.61 Å². The van der Waals surface area contributed by atoms with E-state index in [0.29, 0.717) is 13.0 Å². The second-order valence-electron chi connectivity index (χ2n) is 4.05. The molecule has 102 valence electrons. The minimum atomic E-state index is -0.793. The fraction of sp³-hybridized carbons (Fsp3) is 0.333. The summed E-state index contributed by atoms with van der Waals surface area (Å²) in [5.74, 6) is -1.03. The molecule has 0 spiro atoms. The van der Waals surface area contributed by atoms with Gasteiger partial charge in [-0.1, -0.05) is 36.4 Å². The predicted octanol–water partition coefficient (Wildman–Crippen LogP) is 2.67. The van der Waals surface area contributed by atoms with E-state index in [9.17, 15) is 9.59 Å². The lowest BCUT2D eigenvalue weighted by atomic mass is 10.1. The van der Waals surface area contributed by atoms with Crippen molar-refractivity contribution in [1.82, 2.24) is 0 Å². The molecule has 0 aliphatic heterocycles. The summed E-state index contributed by atoms with van der Waals surface area (Å²) in [5.41, 5.74) is 1.97. The standard InChI is InChI=1S/C15H18O4/c1-2-19-15(18)5-3-4-12-6-8-13(9-7-12)10-11-14(16)17/h3-4,6-9H,2,5,10-11H2,1H3,(H,16,17). The lowest BCUT2D eigenvalue weighted by Gasteiger charge is -2.00. The van der Waals surface area contributed by atoms with Gasteiger partial charge in [0.1, 0.15) is 0 Å². The summed E-state index contributed by atoms with van der Waals surface area (Å²) in [6.07, 6.45) is 4.52. The lowest BCUT2D eigenvalue weighted by Crippen LogP contribution is -2.01. The molecule has 0 atom stereocenters. The second-order valence-corrected chi connectivity index (χ2v) is 4.05. The monoisotopic (exact) mass is 262 g/mol. The molecule has 4 nitrogen and oxygen atoms in total. The Morgan fingerprint density at radius 3 is 2.53 bits per heavy atom. The van der Waals surface area contributed by atoms with Crippen LogP contribution >= 0.6 is 0 Å². The number of ether oxygens (including phenoxy) is 1. The Bertz CT molecular complexity index is 446. The quantitative estimate of drug-likeness (QED) is 0.767. The van der Waals surface area contributed by atoms with Gasteiger partial charge in [0.15, 0.2) is 0 Å². The van der Waals surface area contributed by atoms with Crippen LogP contribution in [0.15, 0.2) is 30.3 Å². The van der Waals surface area contributed by atoms with Crippen LogP contribution in [0.2, 0.25) is 0 Å². The van der Waals surface area contributed by atoms with Crippen molar-refractivity contribution < 1.29 is 19.4 Å². The highest BCUT2D eigenvalue weighted by Gasteiger charge is 1.99. The SMILES string of the molecule is CCOC(=O)CC=Cc1ccc(CCC(=O)O)cc1. The molecule has 1 aromatic rings. The normalized spacial score (nSPS) is 10.6. The van der Waals surface area contributed by atoms with Crippen LogP contribution in [0.25, 0.3) is 6.08 Å². The molecule has 0 unspecified atom stereocenters. The number of hydrogen-bond acceptors (Lipinski definition) is 3. The molecule has 0 heterocycles. The van der Waals surface area contributed by atoms with Gasteiger partial charge in [0.2, 0.25) is 0 Å². The zero-order valence-electron chi connectivity index (χ0n) is 11.0. The molecule has 0 aromatic heterocycles. The molecule has 0 bridgehead atoms. The fourth-order valence-corrected chi connectivity index (χ4v) is 1.56. The molecular formula is C15H18O4. The number of carboxylic acid groups (broad SMARTS) is 1. The number of benzene rings is 1. The highest BCUT2D eigenvalue weighted by Crippen LogP contribution is 2.08. The Balaban J connectivity index is 2.45. The number of carbonyl (C=O) groups excluding carboxylic acids is 1. The molecule has 0 fully saturated rings. The maximum Gasteiger partial charge on any atom is 0.309 e. The lowest BCUT2D eigenvalue weighted by molar-refractivity contribution is -0.142. The van der Waals surface area contributed by atoms with Gasteiger partial charge in [-0.15, -0.1) is 0 Å². The third kappa shape index (κ3) is 6.41. The van der Waals surface area contributed by atoms with Gasteiger partial charge in [-0.25, -0.2) is 0 Å². The fourth-order valence-electron chi connectivity index (χ4n) is 1.56. The maximum absolute atomic E-state index is 11.1. The summed E-state index contributed by atoms with van der Waals surface area (Å²) >= 11 is 0. The van der Waals surface area contributed by atoms with Crippen LogP contribution in [-0.2, 0) is 20.7 Å². The molecule has 1 rings (SSSR count). The molecule has 4 heteroatoms. The first-order valence-electron chi connectivity index (χ1n) is 6.24. The highest BCUT2D eigenvalue weighted by atomic mass is 16.5. The van der Waals surface area contributed by atoms with E-state index < -0.39 is 5.97 Å². The van der Waals surface area contributed by atoms with Crippen molar-refractivity contribution in [3.63, 3.8) is 0 Å². The van der Waals surface area contributed by atoms with Crippen molar-refractivity contribution in [1.29, 1.82) is 0 Å². The van der Waals surface area contributed by atoms with Crippen molar-refractivity contribution in [2.24, 2.45) is 0 Å². The molecule has 0 saturated heterocycles. The molecule has 0 aliphatic carbocycles. The number of carbonyl (C=O) groups is 2. The van der Waals surface area contributed by atoms with Crippen LogP contribution in [0.1, 0.15) is 30.9 Å². The first kappa shape index (κ1) is 15.0. The first-order chi connectivity index (χ1) is 9.11. The average Bonchev–Trinajstić information content (AvgIpc) is 2.38. The number of rotatable bonds is 7. The minimum Gasteiger partial charge on any atom is -0.481 e. The molecule has 0 saturated carbocycles. The van der Waals surface area contributed by atoms with Crippen molar-refractivity contribution in [3.05, 3.63) is 41.5 Å². The summed E-state index contributed by atoms with van der Waals surface area (Å²) in [4.78, 5) is 21.6. The van der Waals surface area contributed by atoms with E-state index in [-0.39, 0.29) is 18.8 Å². The molecule has 0 radical (unpaired) electrons. The summed E-state index contributed by atoms with van der Waals surface area (Å²) in [6, 6.07) is 7.59. The van der Waals surface area contributed by atoms with Gasteiger partial charge < -0.3 is 9.84 Å². The van der Waals surface area contributed by atoms with Gasteiger partial charge >= 0.3 is 11.9 Å². The van der Waals surface area contributed by atoms with E-state index in [4.69, 9.17) is 9.84 Å². The Labute approximate surface area is 112 Å².